The molecule has 0 unspecified atom stereocenters. The molecule has 2 fully saturated rings. The minimum Gasteiger partial charge on any atom is -0.506 e. The molecule has 1 saturated heterocycles. The van der Waals surface area contributed by atoms with Crippen LogP contribution in [0.5, 0.6) is 5.75 Å². The topological polar surface area (TPSA) is 149 Å². The number of ether oxygens (including phenoxy) is 2. The van der Waals surface area contributed by atoms with Crippen LogP contribution in [0.2, 0.25) is 0 Å². The number of carbonyl (C=O) groups is 2. The Hall–Kier alpha value is -2.76. The number of nitrogens with one attached hydrogen (secondary N) is 1. The molecule has 2 amide bonds. The Morgan fingerprint density at radius 1 is 1.16 bits per heavy atom. The number of aliphatic hydroxyl groups excluding tert-OH is 3. The van der Waals surface area contributed by atoms with E-state index in [4.69, 9.17) is 9.47 Å². The minimum atomic E-state index is -1.45. The number of hydrogen-bond acceptors (Lipinski definition) is 8. The van der Waals surface area contributed by atoms with E-state index in [0.717, 1.165) is 0 Å². The summed E-state index contributed by atoms with van der Waals surface area (Å²) >= 11 is 0. The van der Waals surface area contributed by atoms with E-state index in [0.29, 0.717) is 11.3 Å². The van der Waals surface area contributed by atoms with Crippen molar-refractivity contribution in [3.05, 3.63) is 42.0 Å². The van der Waals surface area contributed by atoms with Gasteiger partial charge in [0.05, 0.1) is 11.7 Å². The highest BCUT2D eigenvalue weighted by atomic mass is 16.7. The monoisotopic (exact) mass is 448 g/mol. The number of rotatable bonds is 6. The van der Waals surface area contributed by atoms with Crippen LogP contribution in [0.25, 0.3) is 6.08 Å². The van der Waals surface area contributed by atoms with Gasteiger partial charge in [0.25, 0.3) is 0 Å². The molecule has 2 aliphatic rings. The molecule has 6 atom stereocenters. The zero-order valence-corrected chi connectivity index (χ0v) is 17.8. The van der Waals surface area contributed by atoms with Crippen molar-refractivity contribution < 1.29 is 39.5 Å². The maximum absolute atomic E-state index is 12.7. The Labute approximate surface area is 185 Å². The SMILES string of the molecule is C=CCN(C(C)=O)c1ccc(/C=C(\C)C(=O)N[C@@H]2[C@H](O)[C@@H](O)[C@H]3OCO[C@H]3[C@@H]2O)cc1O. The van der Waals surface area contributed by atoms with Gasteiger partial charge in [-0.15, -0.1) is 6.58 Å². The number of aromatic hydroxyl groups is 1. The van der Waals surface area contributed by atoms with Crippen molar-refractivity contribution in [2.45, 2.75) is 50.4 Å². The fraction of sp³-hybridized carbons (Fsp3) is 0.455. The fourth-order valence-corrected chi connectivity index (χ4v) is 3.92. The van der Waals surface area contributed by atoms with E-state index in [-0.39, 0.29) is 30.6 Å². The molecular formula is C22H28N2O8. The molecule has 0 aromatic heterocycles. The molecule has 174 valence electrons. The lowest BCUT2D eigenvalue weighted by molar-refractivity contribution is -0.155. The predicted octanol–water partition coefficient (Wildman–Crippen LogP) is -0.343. The third kappa shape index (κ3) is 4.69. The highest BCUT2D eigenvalue weighted by Crippen LogP contribution is 2.31. The third-order valence-electron chi connectivity index (χ3n) is 5.62. The summed E-state index contributed by atoms with van der Waals surface area (Å²) in [5, 5.41) is 43.9. The first kappa shape index (κ1) is 23.9. The van der Waals surface area contributed by atoms with E-state index in [2.05, 4.69) is 11.9 Å². The summed E-state index contributed by atoms with van der Waals surface area (Å²) in [7, 11) is 0. The summed E-state index contributed by atoms with van der Waals surface area (Å²) in [6, 6.07) is 3.43. The molecule has 1 aromatic carbocycles. The summed E-state index contributed by atoms with van der Waals surface area (Å²) in [5.74, 6) is -0.988. The van der Waals surface area contributed by atoms with Crippen LogP contribution in [0.1, 0.15) is 19.4 Å². The average molecular weight is 448 g/mol. The normalized spacial score (nSPS) is 29.8. The molecule has 0 spiro atoms. The van der Waals surface area contributed by atoms with Crippen molar-refractivity contribution in [2.75, 3.05) is 18.2 Å². The number of fused-ring (bicyclic) bond motifs is 1. The second-order valence-electron chi connectivity index (χ2n) is 7.85. The molecule has 3 rings (SSSR count). The summed E-state index contributed by atoms with van der Waals surface area (Å²) in [5.41, 5.74) is 1.04. The molecule has 10 heteroatoms. The summed E-state index contributed by atoms with van der Waals surface area (Å²) < 4.78 is 10.4. The number of amides is 2. The van der Waals surface area contributed by atoms with Crippen LogP contribution >= 0.6 is 0 Å². The first-order valence-electron chi connectivity index (χ1n) is 10.1. The third-order valence-corrected chi connectivity index (χ3v) is 5.62. The second-order valence-corrected chi connectivity index (χ2v) is 7.85. The molecule has 1 saturated carbocycles. The van der Waals surface area contributed by atoms with Crippen LogP contribution in [0.4, 0.5) is 5.69 Å². The molecule has 10 nitrogen and oxygen atoms in total. The first-order chi connectivity index (χ1) is 15.1. The predicted molar refractivity (Wildman–Crippen MR) is 115 cm³/mol. The van der Waals surface area contributed by atoms with Crippen molar-refractivity contribution >= 4 is 23.6 Å². The molecule has 0 bridgehead atoms. The lowest BCUT2D eigenvalue weighted by Gasteiger charge is -2.41. The Morgan fingerprint density at radius 2 is 1.81 bits per heavy atom. The molecule has 5 N–H and O–H groups in total. The smallest absolute Gasteiger partial charge is 0.247 e. The number of nitrogens with zero attached hydrogens (tertiary/aromatic N) is 1. The summed E-state index contributed by atoms with van der Waals surface area (Å²) in [4.78, 5) is 25.8. The van der Waals surface area contributed by atoms with E-state index in [1.807, 2.05) is 0 Å². The van der Waals surface area contributed by atoms with Gasteiger partial charge in [0, 0.05) is 19.0 Å². The quantitative estimate of drug-likeness (QED) is 0.293. The molecule has 0 radical (unpaired) electrons. The number of aliphatic hydroxyl groups is 3. The van der Waals surface area contributed by atoms with E-state index in [1.165, 1.54) is 30.9 Å². The molecule has 1 heterocycles. The number of hydrogen-bond donors (Lipinski definition) is 5. The van der Waals surface area contributed by atoms with Crippen LogP contribution in [0.3, 0.4) is 0 Å². The first-order valence-corrected chi connectivity index (χ1v) is 10.1. The highest BCUT2D eigenvalue weighted by Gasteiger charge is 2.53. The van der Waals surface area contributed by atoms with Crippen molar-refractivity contribution in [3.8, 4) is 5.75 Å². The maximum atomic E-state index is 12.7. The van der Waals surface area contributed by atoms with E-state index in [1.54, 1.807) is 18.2 Å². The van der Waals surface area contributed by atoms with Crippen LogP contribution in [0, 0.1) is 0 Å². The Bertz CT molecular complexity index is 917. The van der Waals surface area contributed by atoms with Gasteiger partial charge in [-0.25, -0.2) is 0 Å². The van der Waals surface area contributed by atoms with Gasteiger partial charge in [0.2, 0.25) is 11.8 Å². The number of benzene rings is 1. The Morgan fingerprint density at radius 3 is 2.41 bits per heavy atom. The van der Waals surface area contributed by atoms with Gasteiger partial charge >= 0.3 is 0 Å². The van der Waals surface area contributed by atoms with Gasteiger partial charge < -0.3 is 40.1 Å². The highest BCUT2D eigenvalue weighted by molar-refractivity contribution is 5.98. The number of phenols is 1. The molecule has 32 heavy (non-hydrogen) atoms. The standard InChI is InChI=1S/C22H28N2O8/c1-4-7-24(12(3)25)14-6-5-13(9-15(14)26)8-11(2)22(30)23-16-17(27)19(29)21-20(18(16)28)31-10-32-21/h4-6,8-9,16-21,26-29H,1,7,10H2,2-3H3,(H,23,30)/b11-8+/t16-,17+,18-,19-,20+,21-/m1/s1. The van der Waals surface area contributed by atoms with Gasteiger partial charge in [0.1, 0.15) is 43.1 Å². The largest absolute Gasteiger partial charge is 0.506 e. The summed E-state index contributed by atoms with van der Waals surface area (Å²) in [6.07, 6.45) is -2.75. The number of phenolic OH excluding ortho intramolecular Hbond substituents is 1. The van der Waals surface area contributed by atoms with Gasteiger partial charge in [-0.3, -0.25) is 9.59 Å². The van der Waals surface area contributed by atoms with E-state index < -0.39 is 42.5 Å². The van der Waals surface area contributed by atoms with E-state index >= 15 is 0 Å². The van der Waals surface area contributed by atoms with Crippen molar-refractivity contribution in [2.24, 2.45) is 0 Å². The van der Waals surface area contributed by atoms with Crippen molar-refractivity contribution in [1.82, 2.24) is 5.32 Å². The Kier molecular flexibility index (Phi) is 7.32. The zero-order chi connectivity index (χ0) is 23.6. The van der Waals surface area contributed by atoms with E-state index in [9.17, 15) is 30.0 Å². The Balaban J connectivity index is 1.74. The molecule has 1 aromatic rings. The molecule has 1 aliphatic heterocycles. The van der Waals surface area contributed by atoms with Crippen LogP contribution < -0.4 is 10.2 Å². The number of anilines is 1. The van der Waals surface area contributed by atoms with Crippen LogP contribution in [-0.2, 0) is 19.1 Å². The lowest BCUT2D eigenvalue weighted by atomic mass is 9.83. The fourth-order valence-electron chi connectivity index (χ4n) is 3.92. The number of carbonyl (C=O) groups excluding carboxylic acids is 2. The average Bonchev–Trinajstić information content (AvgIpc) is 3.24. The summed E-state index contributed by atoms with van der Waals surface area (Å²) in [6.45, 7) is 6.61. The van der Waals surface area contributed by atoms with Crippen molar-refractivity contribution in [3.63, 3.8) is 0 Å². The molecular weight excluding hydrogens is 420 g/mol. The maximum Gasteiger partial charge on any atom is 0.247 e. The zero-order valence-electron chi connectivity index (χ0n) is 17.8. The van der Waals surface area contributed by atoms with Crippen LogP contribution in [-0.4, -0.2) is 82.1 Å². The van der Waals surface area contributed by atoms with Crippen molar-refractivity contribution in [1.29, 1.82) is 0 Å². The molecule has 1 aliphatic carbocycles. The second kappa shape index (κ2) is 9.80. The van der Waals surface area contributed by atoms with Gasteiger partial charge in [-0.2, -0.15) is 0 Å². The minimum absolute atomic E-state index is 0.122. The van der Waals surface area contributed by atoms with Gasteiger partial charge in [-0.05, 0) is 30.7 Å². The van der Waals surface area contributed by atoms with Gasteiger partial charge in [0.15, 0.2) is 0 Å². The van der Waals surface area contributed by atoms with Gasteiger partial charge in [-0.1, -0.05) is 12.1 Å². The lowest BCUT2D eigenvalue weighted by Crippen LogP contribution is -2.67. The van der Waals surface area contributed by atoms with Crippen LogP contribution in [0.15, 0.2) is 36.4 Å².